The summed E-state index contributed by atoms with van der Waals surface area (Å²) in [6.07, 6.45) is 0. The van der Waals surface area contributed by atoms with Gasteiger partial charge >= 0.3 is 0 Å². The SMILES string of the molecule is C[Si](C)(C)CC(=C=C([Si](C)(C)C)[Si](C)(C)C)[Si](C)(C)C. The summed E-state index contributed by atoms with van der Waals surface area (Å²) >= 11 is 0. The molecule has 118 valence electrons. The molecular weight excluding hydrogens is 305 g/mol. The van der Waals surface area contributed by atoms with Gasteiger partial charge in [-0.05, 0) is 11.2 Å². The van der Waals surface area contributed by atoms with Gasteiger partial charge in [0.1, 0.15) is 0 Å². The maximum Gasteiger partial charge on any atom is 0.0819 e. The first kappa shape index (κ1) is 20.4. The van der Waals surface area contributed by atoms with Crippen LogP contribution < -0.4 is 0 Å². The molecule has 20 heavy (non-hydrogen) atoms. The number of hydrogen-bond donors (Lipinski definition) is 0. The second-order valence-corrected chi connectivity index (χ2v) is 31.5. The Bertz CT molecular complexity index is 384. The molecule has 0 aromatic heterocycles. The molecular formula is C16H38Si4. The summed E-state index contributed by atoms with van der Waals surface area (Å²) in [5.74, 6) is 0. The lowest BCUT2D eigenvalue weighted by atomic mass is 10.7. The molecule has 0 saturated carbocycles. The first-order valence-electron chi connectivity index (χ1n) is 7.96. The second kappa shape index (κ2) is 6.25. The first-order valence-corrected chi connectivity index (χ1v) is 22.2. The molecule has 0 nitrogen and oxygen atoms in total. The maximum absolute atomic E-state index is 4.08. The van der Waals surface area contributed by atoms with Gasteiger partial charge in [-0.1, -0.05) is 83.4 Å². The van der Waals surface area contributed by atoms with Crippen LogP contribution in [0.15, 0.2) is 15.7 Å². The van der Waals surface area contributed by atoms with Crippen LogP contribution in [0.4, 0.5) is 0 Å². The zero-order valence-electron chi connectivity index (χ0n) is 16.2. The zero-order valence-corrected chi connectivity index (χ0v) is 20.2. The van der Waals surface area contributed by atoms with Crippen LogP contribution >= 0.6 is 0 Å². The van der Waals surface area contributed by atoms with E-state index in [4.69, 9.17) is 0 Å². The molecule has 0 bridgehead atoms. The van der Waals surface area contributed by atoms with Crippen molar-refractivity contribution >= 4 is 32.3 Å². The Balaban J connectivity index is 6.26. The van der Waals surface area contributed by atoms with Gasteiger partial charge in [0.2, 0.25) is 0 Å². The molecule has 0 aliphatic carbocycles. The minimum absolute atomic E-state index is 1.06. The molecule has 0 unspecified atom stereocenters. The highest BCUT2D eigenvalue weighted by Crippen LogP contribution is 2.29. The summed E-state index contributed by atoms with van der Waals surface area (Å²) in [5, 5.41) is 1.72. The molecule has 0 spiro atoms. The van der Waals surface area contributed by atoms with Crippen molar-refractivity contribution in [1.82, 2.24) is 0 Å². The van der Waals surface area contributed by atoms with E-state index in [1.165, 1.54) is 6.04 Å². The summed E-state index contributed by atoms with van der Waals surface area (Å²) in [7, 11) is -4.83. The molecule has 0 fully saturated rings. The van der Waals surface area contributed by atoms with Gasteiger partial charge in [0.15, 0.2) is 0 Å². The van der Waals surface area contributed by atoms with E-state index < -0.39 is 32.3 Å². The highest BCUT2D eigenvalue weighted by atomic mass is 28.4. The molecule has 0 aliphatic rings. The van der Waals surface area contributed by atoms with E-state index in [1.54, 1.807) is 10.0 Å². The average molecular weight is 343 g/mol. The number of allylic oxidation sites excluding steroid dienone is 1. The summed E-state index contributed by atoms with van der Waals surface area (Å²) in [6.45, 7) is 30.0. The third kappa shape index (κ3) is 7.41. The van der Waals surface area contributed by atoms with Crippen LogP contribution in [0.3, 0.4) is 0 Å². The number of rotatable bonds is 5. The van der Waals surface area contributed by atoms with Crippen LogP contribution in [0.1, 0.15) is 0 Å². The zero-order chi connectivity index (χ0) is 16.6. The van der Waals surface area contributed by atoms with Crippen molar-refractivity contribution in [2.45, 2.75) is 84.6 Å². The molecule has 0 atom stereocenters. The molecule has 4 heteroatoms. The highest BCUT2D eigenvalue weighted by Gasteiger charge is 2.32. The van der Waals surface area contributed by atoms with Gasteiger partial charge in [-0.2, -0.15) is 0 Å². The molecule has 0 aromatic carbocycles. The lowest BCUT2D eigenvalue weighted by molar-refractivity contribution is 1.42. The largest absolute Gasteiger partial charge is 0.136 e. The molecule has 0 aliphatic heterocycles. The van der Waals surface area contributed by atoms with Crippen molar-refractivity contribution in [1.29, 1.82) is 0 Å². The number of hydrogen-bond acceptors (Lipinski definition) is 0. The Morgan fingerprint density at radius 3 is 1.15 bits per heavy atom. The molecule has 0 radical (unpaired) electrons. The van der Waals surface area contributed by atoms with Gasteiger partial charge in [-0.15, -0.1) is 5.73 Å². The van der Waals surface area contributed by atoms with Crippen LogP contribution in [0.2, 0.25) is 84.6 Å². The summed E-state index contributed by atoms with van der Waals surface area (Å²) < 4.78 is 0. The second-order valence-electron chi connectivity index (χ2n) is 10.5. The lowest BCUT2D eigenvalue weighted by Crippen LogP contribution is -2.40. The predicted octanol–water partition coefficient (Wildman–Crippen LogP) is 6.41. The third-order valence-electron chi connectivity index (χ3n) is 3.39. The third-order valence-corrected chi connectivity index (χ3v) is 15.0. The van der Waals surface area contributed by atoms with Gasteiger partial charge in [-0.3, -0.25) is 0 Å². The molecule has 0 amide bonds. The fourth-order valence-electron chi connectivity index (χ4n) is 2.68. The van der Waals surface area contributed by atoms with Crippen molar-refractivity contribution in [3.05, 3.63) is 15.7 Å². The average Bonchev–Trinajstić information content (AvgIpc) is 2.03. The Morgan fingerprint density at radius 1 is 0.600 bits per heavy atom. The standard InChI is InChI=1S/C16H38Si4/c1-17(2,3)14-15(18(4,5)6)13-16(19(7,8)9)20(10,11)12/h14H2,1-12H3. The quantitative estimate of drug-likeness (QED) is 0.400. The Hall–Kier alpha value is 0.388. The van der Waals surface area contributed by atoms with Crippen molar-refractivity contribution in [3.8, 4) is 0 Å². The molecule has 0 heterocycles. The van der Waals surface area contributed by atoms with Crippen LogP contribution in [0.5, 0.6) is 0 Å². The molecule has 0 N–H and O–H groups in total. The molecule has 0 saturated heterocycles. The molecule has 0 rings (SSSR count). The van der Waals surface area contributed by atoms with Gasteiger partial charge in [0, 0.05) is 8.07 Å². The summed E-state index contributed by atoms with van der Waals surface area (Å²) in [4.78, 5) is 1.76. The van der Waals surface area contributed by atoms with E-state index in [0.29, 0.717) is 0 Å². The fourth-order valence-corrected chi connectivity index (χ4v) is 18.3. The summed E-state index contributed by atoms with van der Waals surface area (Å²) in [5.41, 5.74) is 4.08. The van der Waals surface area contributed by atoms with Crippen LogP contribution in [0, 0.1) is 0 Å². The summed E-state index contributed by atoms with van der Waals surface area (Å²) in [6, 6.07) is 1.35. The van der Waals surface area contributed by atoms with Crippen LogP contribution in [0.25, 0.3) is 0 Å². The fraction of sp³-hybridized carbons (Fsp3) is 0.812. The lowest BCUT2D eigenvalue weighted by Gasteiger charge is -2.32. The van der Waals surface area contributed by atoms with Crippen molar-refractivity contribution < 1.29 is 0 Å². The predicted molar refractivity (Wildman–Crippen MR) is 109 cm³/mol. The Labute approximate surface area is 132 Å². The van der Waals surface area contributed by atoms with E-state index >= 15 is 0 Å². The normalized spacial score (nSPS) is 14.0. The van der Waals surface area contributed by atoms with Gasteiger partial charge in [0.05, 0.1) is 24.2 Å². The van der Waals surface area contributed by atoms with E-state index in [1.807, 2.05) is 0 Å². The minimum Gasteiger partial charge on any atom is -0.136 e. The van der Waals surface area contributed by atoms with E-state index in [9.17, 15) is 0 Å². The molecule has 0 aromatic rings. The van der Waals surface area contributed by atoms with Crippen molar-refractivity contribution in [2.75, 3.05) is 0 Å². The Morgan fingerprint density at radius 2 is 0.950 bits per heavy atom. The van der Waals surface area contributed by atoms with Crippen LogP contribution in [-0.4, -0.2) is 32.3 Å². The topological polar surface area (TPSA) is 0 Å². The minimum atomic E-state index is -1.25. The Kier molecular flexibility index (Phi) is 6.37. The van der Waals surface area contributed by atoms with E-state index in [2.05, 4.69) is 84.3 Å². The van der Waals surface area contributed by atoms with Crippen molar-refractivity contribution in [2.24, 2.45) is 0 Å². The van der Waals surface area contributed by atoms with E-state index in [-0.39, 0.29) is 0 Å². The first-order chi connectivity index (χ1) is 8.44. The monoisotopic (exact) mass is 342 g/mol. The van der Waals surface area contributed by atoms with E-state index in [0.717, 1.165) is 0 Å². The van der Waals surface area contributed by atoms with Gasteiger partial charge in [-0.25, -0.2) is 0 Å². The van der Waals surface area contributed by atoms with Gasteiger partial charge < -0.3 is 0 Å². The van der Waals surface area contributed by atoms with Crippen molar-refractivity contribution in [3.63, 3.8) is 0 Å². The smallest absolute Gasteiger partial charge is 0.0819 e. The van der Waals surface area contributed by atoms with Gasteiger partial charge in [0.25, 0.3) is 0 Å². The highest BCUT2D eigenvalue weighted by molar-refractivity contribution is 7.04. The maximum atomic E-state index is 4.08. The van der Waals surface area contributed by atoms with Crippen LogP contribution in [-0.2, 0) is 0 Å².